The lowest BCUT2D eigenvalue weighted by Crippen LogP contribution is -2.29. The number of carbonyl (C=O) groups excluding carboxylic acids is 1. The number of rotatable bonds is 2. The van der Waals surface area contributed by atoms with Gasteiger partial charge in [0.25, 0.3) is 5.91 Å². The number of likely N-dealkylation sites (tertiary alicyclic amines) is 1. The molecule has 22 heavy (non-hydrogen) atoms. The van der Waals surface area contributed by atoms with Gasteiger partial charge in [0.2, 0.25) is 0 Å². The number of hydrogen-bond acceptors (Lipinski definition) is 4. The predicted octanol–water partition coefficient (Wildman–Crippen LogP) is 3.92. The highest BCUT2D eigenvalue weighted by atomic mass is 32.2. The van der Waals surface area contributed by atoms with Crippen LogP contribution in [-0.4, -0.2) is 39.7 Å². The minimum atomic E-state index is 0.0993. The molecule has 0 aromatic carbocycles. The monoisotopic (exact) mass is 336 g/mol. The first-order valence-electron chi connectivity index (χ1n) is 8.13. The van der Waals surface area contributed by atoms with E-state index in [2.05, 4.69) is 24.8 Å². The Bertz CT molecular complexity index is 571. The largest absolute Gasteiger partial charge is 0.375 e. The second-order valence-corrected chi connectivity index (χ2v) is 8.76. The maximum Gasteiger partial charge on any atom is 0.266 e. The Morgan fingerprint density at radius 3 is 2.55 bits per heavy atom. The van der Waals surface area contributed by atoms with Crippen LogP contribution in [0.25, 0.3) is 0 Å². The fourth-order valence-corrected chi connectivity index (χ4v) is 5.01. The van der Waals surface area contributed by atoms with E-state index >= 15 is 0 Å². The van der Waals surface area contributed by atoms with E-state index in [1.54, 1.807) is 4.90 Å². The molecule has 5 heteroatoms. The SMILES string of the molecule is CCN1C(=O)/C(=C2/C=C(N3CCCC3)CC(C)(C)C2)SC1=S. The maximum atomic E-state index is 12.6. The van der Waals surface area contributed by atoms with Crippen LogP contribution < -0.4 is 0 Å². The van der Waals surface area contributed by atoms with E-state index < -0.39 is 0 Å². The molecular weight excluding hydrogens is 312 g/mol. The number of nitrogens with zero attached hydrogens (tertiary/aromatic N) is 2. The topological polar surface area (TPSA) is 23.6 Å². The molecule has 2 saturated heterocycles. The van der Waals surface area contributed by atoms with Gasteiger partial charge in [-0.05, 0) is 49.7 Å². The summed E-state index contributed by atoms with van der Waals surface area (Å²) in [6.07, 6.45) is 6.90. The maximum absolute atomic E-state index is 12.6. The van der Waals surface area contributed by atoms with Crippen molar-refractivity contribution in [3.8, 4) is 0 Å². The molecule has 3 nitrogen and oxygen atoms in total. The third-order valence-corrected chi connectivity index (χ3v) is 6.15. The van der Waals surface area contributed by atoms with Gasteiger partial charge >= 0.3 is 0 Å². The van der Waals surface area contributed by atoms with Gasteiger partial charge in [0.15, 0.2) is 0 Å². The zero-order valence-electron chi connectivity index (χ0n) is 13.6. The minimum absolute atomic E-state index is 0.0993. The number of thioether (sulfide) groups is 1. The van der Waals surface area contributed by atoms with E-state index in [0.29, 0.717) is 10.9 Å². The summed E-state index contributed by atoms with van der Waals surface area (Å²) in [4.78, 5) is 17.7. The van der Waals surface area contributed by atoms with Crippen LogP contribution in [0.1, 0.15) is 46.5 Å². The number of likely N-dealkylation sites (N-methyl/N-ethyl adjacent to an activating group) is 1. The minimum Gasteiger partial charge on any atom is -0.375 e. The van der Waals surface area contributed by atoms with Crippen molar-refractivity contribution in [2.75, 3.05) is 19.6 Å². The van der Waals surface area contributed by atoms with Crippen LogP contribution in [0, 0.1) is 5.41 Å². The smallest absolute Gasteiger partial charge is 0.266 e. The average molecular weight is 337 g/mol. The molecule has 2 fully saturated rings. The zero-order chi connectivity index (χ0) is 15.9. The molecule has 0 radical (unpaired) electrons. The van der Waals surface area contributed by atoms with Crippen LogP contribution in [0.3, 0.4) is 0 Å². The molecule has 0 bridgehead atoms. The molecule has 0 unspecified atom stereocenters. The number of thiocarbonyl (C=S) groups is 1. The van der Waals surface area contributed by atoms with E-state index in [1.165, 1.54) is 35.9 Å². The Morgan fingerprint density at radius 2 is 1.95 bits per heavy atom. The fourth-order valence-electron chi connectivity index (χ4n) is 3.59. The van der Waals surface area contributed by atoms with Gasteiger partial charge in [-0.15, -0.1) is 0 Å². The Morgan fingerprint density at radius 1 is 1.27 bits per heavy atom. The predicted molar refractivity (Wildman–Crippen MR) is 96.5 cm³/mol. The third kappa shape index (κ3) is 2.98. The molecule has 120 valence electrons. The van der Waals surface area contributed by atoms with Gasteiger partial charge in [-0.3, -0.25) is 9.69 Å². The lowest BCUT2D eigenvalue weighted by Gasteiger charge is -2.36. The highest BCUT2D eigenvalue weighted by Crippen LogP contribution is 2.44. The molecule has 0 saturated carbocycles. The van der Waals surface area contributed by atoms with Crippen LogP contribution in [0.15, 0.2) is 22.3 Å². The standard InChI is InChI=1S/C17H24N2OS2/c1-4-19-15(20)14(22-16(19)21)12-9-13(11-17(2,3)10-12)18-7-5-6-8-18/h9H,4-8,10-11H2,1-3H3/b14-12+. The summed E-state index contributed by atoms with van der Waals surface area (Å²) in [5.74, 6) is 0.0993. The van der Waals surface area contributed by atoms with Crippen LogP contribution >= 0.6 is 24.0 Å². The summed E-state index contributed by atoms with van der Waals surface area (Å²) >= 11 is 6.84. The third-order valence-electron chi connectivity index (χ3n) is 4.64. The van der Waals surface area contributed by atoms with Crippen molar-refractivity contribution >= 4 is 34.2 Å². The molecule has 3 aliphatic rings. The first kappa shape index (κ1) is 16.1. The van der Waals surface area contributed by atoms with Gasteiger partial charge < -0.3 is 4.90 Å². The van der Waals surface area contributed by atoms with E-state index in [9.17, 15) is 4.79 Å². The molecule has 0 aromatic heterocycles. The quantitative estimate of drug-likeness (QED) is 0.563. The molecule has 0 spiro atoms. The van der Waals surface area contributed by atoms with Crippen molar-refractivity contribution in [3.63, 3.8) is 0 Å². The summed E-state index contributed by atoms with van der Waals surface area (Å²) in [7, 11) is 0. The van der Waals surface area contributed by atoms with E-state index in [-0.39, 0.29) is 11.3 Å². The van der Waals surface area contributed by atoms with Crippen LogP contribution in [-0.2, 0) is 4.79 Å². The van der Waals surface area contributed by atoms with Gasteiger partial charge in [0.1, 0.15) is 4.32 Å². The number of allylic oxidation sites excluding steroid dienone is 3. The van der Waals surface area contributed by atoms with Crippen molar-refractivity contribution in [1.29, 1.82) is 0 Å². The summed E-state index contributed by atoms with van der Waals surface area (Å²) in [5.41, 5.74) is 2.80. The van der Waals surface area contributed by atoms with Gasteiger partial charge in [0.05, 0.1) is 4.91 Å². The van der Waals surface area contributed by atoms with Gasteiger partial charge in [-0.25, -0.2) is 0 Å². The highest BCUT2D eigenvalue weighted by molar-refractivity contribution is 8.26. The first-order valence-corrected chi connectivity index (χ1v) is 9.36. The molecule has 3 rings (SSSR count). The summed E-state index contributed by atoms with van der Waals surface area (Å²) in [5, 5.41) is 0. The molecule has 1 aliphatic carbocycles. The Labute approximate surface area is 142 Å². The van der Waals surface area contributed by atoms with E-state index in [4.69, 9.17) is 12.2 Å². The lowest BCUT2D eigenvalue weighted by atomic mass is 9.76. The molecular formula is C17H24N2OS2. The normalized spacial score (nSPS) is 28.6. The Balaban J connectivity index is 1.98. The molecule has 0 atom stereocenters. The number of amides is 1. The zero-order valence-corrected chi connectivity index (χ0v) is 15.3. The van der Waals surface area contributed by atoms with Crippen molar-refractivity contribution < 1.29 is 4.79 Å². The van der Waals surface area contributed by atoms with Crippen LogP contribution in [0.4, 0.5) is 0 Å². The Hall–Kier alpha value is -0.810. The van der Waals surface area contributed by atoms with Crippen LogP contribution in [0.2, 0.25) is 0 Å². The second kappa shape index (κ2) is 6.00. The van der Waals surface area contributed by atoms with Crippen molar-refractivity contribution in [2.24, 2.45) is 5.41 Å². The molecule has 0 N–H and O–H groups in total. The van der Waals surface area contributed by atoms with Crippen LogP contribution in [0.5, 0.6) is 0 Å². The Kier molecular flexibility index (Phi) is 4.38. The molecule has 2 heterocycles. The molecule has 1 amide bonds. The second-order valence-electron chi connectivity index (χ2n) is 7.12. The van der Waals surface area contributed by atoms with E-state index in [0.717, 1.165) is 30.8 Å². The van der Waals surface area contributed by atoms with Gasteiger partial charge in [-0.2, -0.15) is 0 Å². The number of hydrogen-bond donors (Lipinski definition) is 0. The van der Waals surface area contributed by atoms with Gasteiger partial charge in [-0.1, -0.05) is 37.8 Å². The first-order chi connectivity index (χ1) is 10.4. The van der Waals surface area contributed by atoms with Crippen molar-refractivity contribution in [1.82, 2.24) is 9.80 Å². The summed E-state index contributed by atoms with van der Waals surface area (Å²) in [6.45, 7) is 9.56. The summed E-state index contributed by atoms with van der Waals surface area (Å²) in [6, 6.07) is 0. The number of carbonyl (C=O) groups is 1. The van der Waals surface area contributed by atoms with Gasteiger partial charge in [0, 0.05) is 25.3 Å². The fraction of sp³-hybridized carbons (Fsp3) is 0.647. The lowest BCUT2D eigenvalue weighted by molar-refractivity contribution is -0.122. The molecule has 2 aliphatic heterocycles. The summed E-state index contributed by atoms with van der Waals surface area (Å²) < 4.78 is 0.703. The molecule has 0 aromatic rings. The van der Waals surface area contributed by atoms with Crippen molar-refractivity contribution in [2.45, 2.75) is 46.5 Å². The average Bonchev–Trinajstić information content (AvgIpc) is 3.05. The van der Waals surface area contributed by atoms with E-state index in [1.807, 2.05) is 6.92 Å². The highest BCUT2D eigenvalue weighted by Gasteiger charge is 2.36. The van der Waals surface area contributed by atoms with Crippen molar-refractivity contribution in [3.05, 3.63) is 22.3 Å².